The Morgan fingerprint density at radius 2 is 1.92 bits per heavy atom. The van der Waals surface area contributed by atoms with Gasteiger partial charge in [0, 0.05) is 13.6 Å². The lowest BCUT2D eigenvalue weighted by molar-refractivity contribution is -0.177. The van der Waals surface area contributed by atoms with Crippen LogP contribution in [0.15, 0.2) is 18.2 Å². The maximum absolute atomic E-state index is 12.2. The number of rotatable bonds is 8. The molecule has 1 amide bonds. The molecule has 0 saturated heterocycles. The second-order valence-electron chi connectivity index (χ2n) is 4.72. The van der Waals surface area contributed by atoms with Gasteiger partial charge < -0.3 is 19.1 Å². The summed E-state index contributed by atoms with van der Waals surface area (Å²) in [4.78, 5) is 12.8. The molecule has 0 N–H and O–H groups in total. The number of carbonyl (C=O) groups is 1. The number of hydrogen-bond acceptors (Lipinski definition) is 4. The smallest absolute Gasteiger partial charge is 0.411 e. The van der Waals surface area contributed by atoms with Crippen molar-refractivity contribution in [3.8, 4) is 11.5 Å². The van der Waals surface area contributed by atoms with Crippen LogP contribution in [-0.2, 0) is 16.1 Å². The first-order valence-corrected chi connectivity index (χ1v) is 6.62. The van der Waals surface area contributed by atoms with Gasteiger partial charge in [-0.2, -0.15) is 22.0 Å². The van der Waals surface area contributed by atoms with Gasteiger partial charge in [-0.15, -0.1) is 0 Å². The van der Waals surface area contributed by atoms with E-state index in [9.17, 15) is 26.7 Å². The highest BCUT2D eigenvalue weighted by Crippen LogP contribution is 2.29. The van der Waals surface area contributed by atoms with Crippen LogP contribution < -0.4 is 9.47 Å². The van der Waals surface area contributed by atoms with E-state index in [-0.39, 0.29) is 18.0 Å². The number of methoxy groups -OCH3 is 1. The minimum atomic E-state index is -4.51. The van der Waals surface area contributed by atoms with Crippen LogP contribution in [0, 0.1) is 0 Å². The van der Waals surface area contributed by atoms with Crippen LogP contribution >= 0.6 is 0 Å². The van der Waals surface area contributed by atoms with E-state index in [2.05, 4.69) is 9.47 Å². The maximum Gasteiger partial charge on any atom is 0.411 e. The van der Waals surface area contributed by atoms with E-state index in [1.807, 2.05) is 0 Å². The van der Waals surface area contributed by atoms with Crippen LogP contribution in [0.5, 0.6) is 11.5 Å². The zero-order chi connectivity index (χ0) is 18.3. The van der Waals surface area contributed by atoms with Crippen molar-refractivity contribution in [2.24, 2.45) is 0 Å². The van der Waals surface area contributed by atoms with Crippen LogP contribution in [0.3, 0.4) is 0 Å². The van der Waals surface area contributed by atoms with Crippen LogP contribution in [0.4, 0.5) is 22.0 Å². The highest BCUT2D eigenvalue weighted by Gasteiger charge is 2.28. The first-order chi connectivity index (χ1) is 11.1. The Labute approximate surface area is 134 Å². The molecule has 0 atom stereocenters. The molecule has 0 bridgehead atoms. The van der Waals surface area contributed by atoms with E-state index in [1.165, 1.54) is 32.4 Å². The molecule has 1 aromatic carbocycles. The number of ether oxygens (including phenoxy) is 3. The molecule has 0 fully saturated rings. The van der Waals surface area contributed by atoms with Crippen molar-refractivity contribution in [2.75, 3.05) is 27.4 Å². The summed E-state index contributed by atoms with van der Waals surface area (Å²) in [6.07, 6.45) is -4.51. The summed E-state index contributed by atoms with van der Waals surface area (Å²) in [7, 11) is 2.63. The highest BCUT2D eigenvalue weighted by atomic mass is 19.4. The first kappa shape index (κ1) is 19.9. The minimum absolute atomic E-state index is 0.0273. The summed E-state index contributed by atoms with van der Waals surface area (Å²) in [5.74, 6) is -0.785. The lowest BCUT2D eigenvalue weighted by Gasteiger charge is -2.18. The molecule has 0 heterocycles. The largest absolute Gasteiger partial charge is 0.493 e. The van der Waals surface area contributed by atoms with Gasteiger partial charge in [-0.3, -0.25) is 4.79 Å². The van der Waals surface area contributed by atoms with Crippen molar-refractivity contribution in [1.82, 2.24) is 4.90 Å². The van der Waals surface area contributed by atoms with E-state index in [1.54, 1.807) is 0 Å². The molecule has 1 aromatic rings. The second kappa shape index (κ2) is 8.67. The summed E-state index contributed by atoms with van der Waals surface area (Å²) in [5.41, 5.74) is 0.514. The van der Waals surface area contributed by atoms with E-state index in [0.29, 0.717) is 5.56 Å². The Balaban J connectivity index is 2.63. The van der Waals surface area contributed by atoms with E-state index < -0.39 is 31.9 Å². The van der Waals surface area contributed by atoms with Crippen molar-refractivity contribution in [3.63, 3.8) is 0 Å². The molecule has 136 valence electrons. The summed E-state index contributed by atoms with van der Waals surface area (Å²) >= 11 is 0. The number of halogens is 5. The van der Waals surface area contributed by atoms with Crippen molar-refractivity contribution in [3.05, 3.63) is 23.8 Å². The zero-order valence-corrected chi connectivity index (χ0v) is 12.9. The van der Waals surface area contributed by atoms with Crippen LogP contribution in [0.1, 0.15) is 5.56 Å². The van der Waals surface area contributed by atoms with Crippen molar-refractivity contribution < 1.29 is 41.0 Å². The van der Waals surface area contributed by atoms with E-state index in [0.717, 1.165) is 4.90 Å². The third-order valence-corrected chi connectivity index (χ3v) is 2.78. The molecule has 24 heavy (non-hydrogen) atoms. The molecule has 0 saturated carbocycles. The number of benzene rings is 1. The van der Waals surface area contributed by atoms with Gasteiger partial charge in [-0.25, -0.2) is 0 Å². The van der Waals surface area contributed by atoms with Crippen molar-refractivity contribution in [1.29, 1.82) is 0 Å². The normalized spacial score (nSPS) is 11.5. The summed E-state index contributed by atoms with van der Waals surface area (Å²) in [6, 6.07) is 4.07. The molecule has 0 aliphatic rings. The fourth-order valence-corrected chi connectivity index (χ4v) is 1.73. The van der Waals surface area contributed by atoms with Crippen molar-refractivity contribution >= 4 is 5.91 Å². The van der Waals surface area contributed by atoms with Crippen LogP contribution in [0.2, 0.25) is 0 Å². The topological polar surface area (TPSA) is 48.0 Å². The number of hydrogen-bond donors (Lipinski definition) is 0. The van der Waals surface area contributed by atoms with Gasteiger partial charge in [0.1, 0.15) is 13.2 Å². The fraction of sp³-hybridized carbons (Fsp3) is 0.500. The molecule has 10 heteroatoms. The third kappa shape index (κ3) is 6.99. The average Bonchev–Trinajstić information content (AvgIpc) is 2.46. The maximum atomic E-state index is 12.2. The minimum Gasteiger partial charge on any atom is -0.493 e. The molecule has 0 aromatic heterocycles. The lowest BCUT2D eigenvalue weighted by atomic mass is 10.2. The van der Waals surface area contributed by atoms with Crippen LogP contribution in [-0.4, -0.2) is 51.0 Å². The van der Waals surface area contributed by atoms with Crippen molar-refractivity contribution in [2.45, 2.75) is 19.3 Å². The Kier molecular flexibility index (Phi) is 7.20. The van der Waals surface area contributed by atoms with E-state index >= 15 is 0 Å². The Bertz CT molecular complexity index is 550. The number of nitrogens with zero attached hydrogens (tertiary/aromatic N) is 1. The molecule has 5 nitrogen and oxygen atoms in total. The standard InChI is InChI=1S/C14H16F5NO4/c1-20(12(21)7-23-8-14(17,18)19)6-9-3-4-10(24-13(15)16)11(5-9)22-2/h3-5,13H,6-8H2,1-2H3. The Morgan fingerprint density at radius 3 is 2.46 bits per heavy atom. The quantitative estimate of drug-likeness (QED) is 0.672. The molecule has 1 rings (SSSR count). The summed E-state index contributed by atoms with van der Waals surface area (Å²) < 4.78 is 73.7. The number of amides is 1. The predicted octanol–water partition coefficient (Wildman–Crippen LogP) is 2.83. The fourth-order valence-electron chi connectivity index (χ4n) is 1.73. The Hall–Kier alpha value is -2.10. The van der Waals surface area contributed by atoms with Gasteiger partial charge in [-0.1, -0.05) is 6.07 Å². The monoisotopic (exact) mass is 357 g/mol. The molecule has 0 spiro atoms. The molecule has 0 aliphatic carbocycles. The van der Waals surface area contributed by atoms with Gasteiger partial charge >= 0.3 is 12.8 Å². The summed E-state index contributed by atoms with van der Waals surface area (Å²) in [5, 5.41) is 0. The second-order valence-corrected chi connectivity index (χ2v) is 4.72. The van der Waals surface area contributed by atoms with Gasteiger partial charge in [0.2, 0.25) is 5.91 Å². The number of alkyl halides is 5. The lowest BCUT2D eigenvalue weighted by Crippen LogP contribution is -2.31. The average molecular weight is 357 g/mol. The van der Waals surface area contributed by atoms with Gasteiger partial charge in [0.05, 0.1) is 7.11 Å². The first-order valence-electron chi connectivity index (χ1n) is 6.62. The van der Waals surface area contributed by atoms with Gasteiger partial charge in [0.25, 0.3) is 0 Å². The van der Waals surface area contributed by atoms with Crippen LogP contribution in [0.25, 0.3) is 0 Å². The molecule has 0 aliphatic heterocycles. The SMILES string of the molecule is COc1cc(CN(C)C(=O)COCC(F)(F)F)ccc1OC(F)F. The summed E-state index contributed by atoms with van der Waals surface area (Å²) in [6.45, 7) is -5.22. The molecular weight excluding hydrogens is 341 g/mol. The zero-order valence-electron chi connectivity index (χ0n) is 12.9. The Morgan fingerprint density at radius 1 is 1.25 bits per heavy atom. The van der Waals surface area contributed by atoms with Gasteiger partial charge in [-0.05, 0) is 17.7 Å². The van der Waals surface area contributed by atoms with E-state index in [4.69, 9.17) is 4.74 Å². The third-order valence-electron chi connectivity index (χ3n) is 2.78. The molecule has 0 radical (unpaired) electrons. The highest BCUT2D eigenvalue weighted by molar-refractivity contribution is 5.77. The predicted molar refractivity (Wildman–Crippen MR) is 73.0 cm³/mol. The van der Waals surface area contributed by atoms with Gasteiger partial charge in [0.15, 0.2) is 11.5 Å². The number of likely N-dealkylation sites (N-methyl/N-ethyl adjacent to an activating group) is 1. The molecule has 0 unspecified atom stereocenters. The molecular formula is C14H16F5NO4. The number of carbonyl (C=O) groups excluding carboxylic acids is 1.